The summed E-state index contributed by atoms with van der Waals surface area (Å²) >= 11 is 0. The predicted molar refractivity (Wildman–Crippen MR) is 102 cm³/mol. The van der Waals surface area contributed by atoms with Crippen LogP contribution in [0.15, 0.2) is 72.8 Å². The van der Waals surface area contributed by atoms with Gasteiger partial charge < -0.3 is 25.2 Å². The molecule has 29 heavy (non-hydrogen) atoms. The zero-order valence-corrected chi connectivity index (χ0v) is 14.9. The van der Waals surface area contributed by atoms with E-state index in [0.29, 0.717) is 5.75 Å². The number of carbonyl (C=O) groups is 3. The number of carboxylic acid groups (broad SMARTS) is 2. The zero-order valence-electron chi connectivity index (χ0n) is 14.9. The van der Waals surface area contributed by atoms with Crippen molar-refractivity contribution in [3.05, 3.63) is 89.5 Å². The highest BCUT2D eigenvalue weighted by molar-refractivity contribution is 5.93. The molecular formula is C21H16O8. The van der Waals surface area contributed by atoms with Crippen molar-refractivity contribution in [2.75, 3.05) is 0 Å². The number of rotatable bonds is 4. The van der Waals surface area contributed by atoms with E-state index in [9.17, 15) is 14.4 Å². The molecule has 0 unspecified atom stereocenters. The Balaban J connectivity index is 0.000000253. The molecule has 3 aromatic rings. The molecular weight excluding hydrogens is 380 g/mol. The molecule has 0 fully saturated rings. The van der Waals surface area contributed by atoms with Gasteiger partial charge in [-0.25, -0.2) is 14.4 Å². The Labute approximate surface area is 164 Å². The summed E-state index contributed by atoms with van der Waals surface area (Å²) in [5.74, 6) is -2.19. The number of ether oxygens (including phenoxy) is 1. The first-order valence-corrected chi connectivity index (χ1v) is 8.13. The van der Waals surface area contributed by atoms with E-state index in [-0.39, 0.29) is 28.2 Å². The van der Waals surface area contributed by atoms with Crippen LogP contribution in [0.25, 0.3) is 0 Å². The maximum Gasteiger partial charge on any atom is 0.343 e. The van der Waals surface area contributed by atoms with Crippen LogP contribution in [-0.2, 0) is 0 Å². The van der Waals surface area contributed by atoms with Gasteiger partial charge in [0.15, 0.2) is 0 Å². The maximum absolute atomic E-state index is 11.7. The van der Waals surface area contributed by atoms with Crippen molar-refractivity contribution < 1.29 is 39.5 Å². The molecule has 0 aliphatic heterocycles. The minimum atomic E-state index is -1.06. The highest BCUT2D eigenvalue weighted by atomic mass is 16.5. The van der Waals surface area contributed by atoms with Gasteiger partial charge in [0, 0.05) is 0 Å². The maximum atomic E-state index is 11.7. The van der Waals surface area contributed by atoms with E-state index in [1.54, 1.807) is 0 Å². The number of esters is 1. The normalized spacial score (nSPS) is 9.66. The zero-order chi connectivity index (χ0) is 21.4. The van der Waals surface area contributed by atoms with Crippen molar-refractivity contribution in [2.24, 2.45) is 0 Å². The molecule has 3 aromatic carbocycles. The van der Waals surface area contributed by atoms with Crippen molar-refractivity contribution in [2.45, 2.75) is 0 Å². The monoisotopic (exact) mass is 396 g/mol. The van der Waals surface area contributed by atoms with Crippen LogP contribution < -0.4 is 4.74 Å². The largest absolute Gasteiger partial charge is 0.508 e. The van der Waals surface area contributed by atoms with Crippen molar-refractivity contribution in [1.82, 2.24) is 0 Å². The quantitative estimate of drug-likeness (QED) is 0.388. The molecule has 4 N–H and O–H groups in total. The Morgan fingerprint density at radius 2 is 0.897 bits per heavy atom. The first kappa shape index (κ1) is 21.0. The van der Waals surface area contributed by atoms with Gasteiger partial charge in [0.05, 0.1) is 16.7 Å². The van der Waals surface area contributed by atoms with Crippen LogP contribution in [0.4, 0.5) is 0 Å². The van der Waals surface area contributed by atoms with Gasteiger partial charge in [0.1, 0.15) is 17.2 Å². The smallest absolute Gasteiger partial charge is 0.343 e. The number of hydrogen-bond donors (Lipinski definition) is 4. The number of aromatic hydroxyl groups is 2. The van der Waals surface area contributed by atoms with Gasteiger partial charge in [-0.1, -0.05) is 0 Å². The van der Waals surface area contributed by atoms with Gasteiger partial charge in [-0.15, -0.1) is 0 Å². The minimum absolute atomic E-state index is 0.0741. The Morgan fingerprint density at radius 3 is 1.31 bits per heavy atom. The number of aromatic carboxylic acids is 2. The van der Waals surface area contributed by atoms with Crippen LogP contribution in [0.3, 0.4) is 0 Å². The molecule has 0 bridgehead atoms. The number of carboxylic acids is 2. The first-order valence-electron chi connectivity index (χ1n) is 8.13. The summed E-state index contributed by atoms with van der Waals surface area (Å²) in [6, 6.07) is 16.5. The van der Waals surface area contributed by atoms with Gasteiger partial charge >= 0.3 is 17.9 Å². The summed E-state index contributed by atoms with van der Waals surface area (Å²) in [5, 5.41) is 35.0. The molecule has 0 saturated heterocycles. The van der Waals surface area contributed by atoms with Gasteiger partial charge in [0.2, 0.25) is 0 Å². The summed E-state index contributed by atoms with van der Waals surface area (Å²) in [4.78, 5) is 32.6. The molecule has 0 saturated carbocycles. The third-order valence-electron chi connectivity index (χ3n) is 3.53. The Morgan fingerprint density at radius 1 is 0.552 bits per heavy atom. The number of phenolic OH excluding ortho intramolecular Hbond substituents is 2. The van der Waals surface area contributed by atoms with Crippen LogP contribution in [0.5, 0.6) is 17.2 Å². The summed E-state index contributed by atoms with van der Waals surface area (Å²) in [6.07, 6.45) is 0. The lowest BCUT2D eigenvalue weighted by atomic mass is 10.1. The molecule has 0 spiro atoms. The molecule has 0 aliphatic rings. The molecule has 8 heteroatoms. The predicted octanol–water partition coefficient (Wildman–Crippen LogP) is 3.40. The van der Waals surface area contributed by atoms with Gasteiger partial charge in [0.25, 0.3) is 0 Å². The molecule has 8 nitrogen and oxygen atoms in total. The van der Waals surface area contributed by atoms with E-state index in [4.69, 9.17) is 25.2 Å². The van der Waals surface area contributed by atoms with Gasteiger partial charge in [-0.05, 0) is 72.8 Å². The average molecular weight is 396 g/mol. The number of phenols is 2. The van der Waals surface area contributed by atoms with Crippen molar-refractivity contribution in [1.29, 1.82) is 0 Å². The highest BCUT2D eigenvalue weighted by Crippen LogP contribution is 2.17. The van der Waals surface area contributed by atoms with E-state index in [1.807, 2.05) is 0 Å². The lowest BCUT2D eigenvalue weighted by molar-refractivity contribution is 0.0685. The number of carbonyl (C=O) groups excluding carboxylic acids is 1. The first-order chi connectivity index (χ1) is 13.8. The van der Waals surface area contributed by atoms with Crippen molar-refractivity contribution in [3.8, 4) is 17.2 Å². The lowest BCUT2D eigenvalue weighted by Crippen LogP contribution is -2.08. The molecule has 148 valence electrons. The van der Waals surface area contributed by atoms with Crippen LogP contribution in [-0.4, -0.2) is 38.3 Å². The van der Waals surface area contributed by atoms with Crippen LogP contribution >= 0.6 is 0 Å². The molecule has 0 radical (unpaired) electrons. The molecule has 0 aliphatic carbocycles. The Kier molecular flexibility index (Phi) is 6.92. The van der Waals surface area contributed by atoms with E-state index in [2.05, 4.69) is 0 Å². The fourth-order valence-electron chi connectivity index (χ4n) is 2.03. The highest BCUT2D eigenvalue weighted by Gasteiger charge is 2.10. The van der Waals surface area contributed by atoms with Crippen molar-refractivity contribution >= 4 is 17.9 Å². The molecule has 0 atom stereocenters. The van der Waals surface area contributed by atoms with Crippen LogP contribution in [0, 0.1) is 0 Å². The SMILES string of the molecule is O=C(O)c1ccc(C(=O)Oc2ccc(O)cc2)cc1.O=C(O)c1ccc(O)cc1. The second-order valence-electron chi connectivity index (χ2n) is 5.62. The van der Waals surface area contributed by atoms with Gasteiger partial charge in [-0.2, -0.15) is 0 Å². The summed E-state index contributed by atoms with van der Waals surface area (Å²) in [6.45, 7) is 0. The summed E-state index contributed by atoms with van der Waals surface area (Å²) in [7, 11) is 0. The Bertz CT molecular complexity index is 990. The third-order valence-corrected chi connectivity index (χ3v) is 3.53. The number of benzene rings is 3. The summed E-state index contributed by atoms with van der Waals surface area (Å²) < 4.78 is 5.06. The second kappa shape index (κ2) is 9.56. The summed E-state index contributed by atoms with van der Waals surface area (Å²) in [5.41, 5.74) is 0.525. The second-order valence-corrected chi connectivity index (χ2v) is 5.62. The topological polar surface area (TPSA) is 141 Å². The van der Waals surface area contributed by atoms with Crippen LogP contribution in [0.1, 0.15) is 31.1 Å². The molecule has 0 amide bonds. The molecule has 0 heterocycles. The van der Waals surface area contributed by atoms with E-state index in [1.165, 1.54) is 72.8 Å². The lowest BCUT2D eigenvalue weighted by Gasteiger charge is -2.04. The average Bonchev–Trinajstić information content (AvgIpc) is 2.70. The Hall–Kier alpha value is -4.33. The number of hydrogen-bond acceptors (Lipinski definition) is 6. The van der Waals surface area contributed by atoms with E-state index in [0.717, 1.165) is 0 Å². The molecule has 0 aromatic heterocycles. The van der Waals surface area contributed by atoms with E-state index < -0.39 is 17.9 Å². The van der Waals surface area contributed by atoms with Gasteiger partial charge in [-0.3, -0.25) is 0 Å². The fourth-order valence-corrected chi connectivity index (χ4v) is 2.03. The minimum Gasteiger partial charge on any atom is -0.508 e. The van der Waals surface area contributed by atoms with Crippen molar-refractivity contribution in [3.63, 3.8) is 0 Å². The molecule has 3 rings (SSSR count). The third kappa shape index (κ3) is 6.40. The fraction of sp³-hybridized carbons (Fsp3) is 0. The van der Waals surface area contributed by atoms with Crippen LogP contribution in [0.2, 0.25) is 0 Å². The van der Waals surface area contributed by atoms with E-state index >= 15 is 0 Å². The standard InChI is InChI=1S/C14H10O5.C7H6O3/c15-11-5-7-12(8-6-11)19-14(18)10-3-1-9(2-4-10)13(16)17;8-6-3-1-5(2-4-6)7(9)10/h1-8,15H,(H,16,17);1-4,8H,(H,9,10).